The molecule has 0 saturated heterocycles. The quantitative estimate of drug-likeness (QED) is 0.423. The molecule has 76 valence electrons. The van der Waals surface area contributed by atoms with Crippen LogP contribution in [0.5, 0.6) is 0 Å². The lowest BCUT2D eigenvalue weighted by atomic mass is 9.64. The van der Waals surface area contributed by atoms with Gasteiger partial charge in [-0.2, -0.15) is 0 Å². The van der Waals surface area contributed by atoms with E-state index in [1.807, 2.05) is 0 Å². The van der Waals surface area contributed by atoms with Crippen LogP contribution in [0.15, 0.2) is 0 Å². The lowest BCUT2D eigenvalue weighted by Crippen LogP contribution is -2.37. The van der Waals surface area contributed by atoms with Crippen molar-refractivity contribution < 1.29 is 0 Å². The van der Waals surface area contributed by atoms with Gasteiger partial charge >= 0.3 is 0 Å². The van der Waals surface area contributed by atoms with Gasteiger partial charge < -0.3 is 0 Å². The van der Waals surface area contributed by atoms with Gasteiger partial charge in [0.25, 0.3) is 0 Å². The summed E-state index contributed by atoms with van der Waals surface area (Å²) in [5.41, 5.74) is 0.782. The second-order valence-electron chi connectivity index (χ2n) is 6.56. The Morgan fingerprint density at radius 2 is 1.79 bits per heavy atom. The Labute approximate surface area is 112 Å². The normalized spacial score (nSPS) is 85.5. The predicted molar refractivity (Wildman–Crippen MR) is 72.8 cm³/mol. The van der Waals surface area contributed by atoms with E-state index in [4.69, 9.17) is 0 Å². The Bertz CT molecular complexity index is 348. The number of alkyl halides is 2. The zero-order valence-corrected chi connectivity index (χ0v) is 12.5. The Morgan fingerprint density at radius 3 is 2.50 bits per heavy atom. The van der Waals surface area contributed by atoms with Gasteiger partial charge in [-0.25, -0.2) is 0 Å². The minimum absolute atomic E-state index is 0.782. The van der Waals surface area contributed by atoms with E-state index in [0.29, 0.717) is 0 Å². The summed E-state index contributed by atoms with van der Waals surface area (Å²) in [6.45, 7) is 2.65. The van der Waals surface area contributed by atoms with Crippen LogP contribution in [0.1, 0.15) is 13.3 Å². The highest BCUT2D eigenvalue weighted by molar-refractivity contribution is 14.1. The van der Waals surface area contributed by atoms with Crippen LogP contribution in [0.3, 0.4) is 0 Å². The first-order valence-corrected chi connectivity index (χ1v) is 8.44. The molecule has 6 rings (SSSR count). The van der Waals surface area contributed by atoms with Gasteiger partial charge in [-0.15, -0.1) is 0 Å². The molecule has 0 amide bonds. The smallest absolute Gasteiger partial charge is 0.0203 e. The average Bonchev–Trinajstić information content (AvgIpc) is 2.81. The maximum Gasteiger partial charge on any atom is 0.0203 e. The monoisotopic (exact) mass is 412 g/mol. The van der Waals surface area contributed by atoms with Crippen molar-refractivity contribution >= 4 is 45.2 Å². The molecule has 0 nitrogen and oxygen atoms in total. The van der Waals surface area contributed by atoms with Gasteiger partial charge in [0, 0.05) is 7.85 Å². The van der Waals surface area contributed by atoms with E-state index in [1.54, 1.807) is 6.42 Å². The Kier molecular flexibility index (Phi) is 1.27. The van der Waals surface area contributed by atoms with Crippen LogP contribution < -0.4 is 0 Å². The van der Waals surface area contributed by atoms with E-state index in [1.165, 1.54) is 17.8 Å². The fraction of sp³-hybridized carbons (Fsp3) is 1.00. The summed E-state index contributed by atoms with van der Waals surface area (Å²) in [4.78, 5) is 0. The molecule has 0 heterocycles. The fourth-order valence-electron chi connectivity index (χ4n) is 6.99. The number of rotatable bonds is 0. The van der Waals surface area contributed by atoms with Crippen molar-refractivity contribution in [3.8, 4) is 0 Å². The fourth-order valence-corrected chi connectivity index (χ4v) is 11.1. The molecule has 6 bridgehead atoms. The molecule has 0 aromatic rings. The Hall–Kier alpha value is 1.46. The van der Waals surface area contributed by atoms with Gasteiger partial charge in [-0.1, -0.05) is 52.1 Å². The molecule has 2 heteroatoms. The number of hydrogen-bond donors (Lipinski definition) is 0. The van der Waals surface area contributed by atoms with Crippen molar-refractivity contribution in [2.45, 2.75) is 21.2 Å². The van der Waals surface area contributed by atoms with E-state index in [2.05, 4.69) is 52.1 Å². The molecule has 0 aromatic carbocycles. The third-order valence-electron chi connectivity index (χ3n) is 6.84. The van der Waals surface area contributed by atoms with Gasteiger partial charge in [-0.3, -0.25) is 0 Å². The predicted octanol–water partition coefficient (Wildman–Crippen LogP) is 3.37. The van der Waals surface area contributed by atoms with Crippen LogP contribution in [-0.4, -0.2) is 7.85 Å². The van der Waals surface area contributed by atoms with Gasteiger partial charge in [0.05, 0.1) is 0 Å². The molecule has 6 aliphatic rings. The zero-order chi connectivity index (χ0) is 9.40. The average molecular weight is 412 g/mol. The molecular weight excluding hydrogens is 398 g/mol. The molecule has 0 aromatic heterocycles. The largest absolute Gasteiger partial charge is 0.0820 e. The summed E-state index contributed by atoms with van der Waals surface area (Å²) in [6.07, 6.45) is 1.63. The SMILES string of the molecule is C[C@]12[C@@H]3[C@H](I)[C@@H]4[C@H]5C[C@@H]([C@H]([C@H]53)[C@@H]1I)[C@H]42. The van der Waals surface area contributed by atoms with E-state index in [-0.39, 0.29) is 0 Å². The van der Waals surface area contributed by atoms with Crippen LogP contribution in [-0.2, 0) is 0 Å². The third-order valence-corrected chi connectivity index (χ3v) is 10.6. The molecule has 0 N–H and O–H groups in total. The van der Waals surface area contributed by atoms with Gasteiger partial charge in [0.15, 0.2) is 0 Å². The summed E-state index contributed by atoms with van der Waals surface area (Å²) < 4.78 is 2.10. The molecule has 6 saturated carbocycles. The van der Waals surface area contributed by atoms with E-state index >= 15 is 0 Å². The van der Waals surface area contributed by atoms with Crippen LogP contribution in [0.25, 0.3) is 0 Å². The van der Waals surface area contributed by atoms with Crippen molar-refractivity contribution in [2.75, 3.05) is 0 Å². The van der Waals surface area contributed by atoms with Crippen molar-refractivity contribution in [2.24, 2.45) is 46.8 Å². The van der Waals surface area contributed by atoms with Crippen molar-refractivity contribution in [3.05, 3.63) is 0 Å². The number of hydrogen-bond acceptors (Lipinski definition) is 0. The first-order chi connectivity index (χ1) is 6.67. The van der Waals surface area contributed by atoms with Crippen LogP contribution in [0.2, 0.25) is 0 Å². The molecule has 0 unspecified atom stereocenters. The topological polar surface area (TPSA) is 0 Å². The van der Waals surface area contributed by atoms with Crippen LogP contribution in [0, 0.1) is 46.8 Å². The first-order valence-electron chi connectivity index (χ1n) is 5.95. The standard InChI is InChI=1S/C12H14I2/c1-12-8-4-2-3-5(6(4)11(12)14)9(12)10(13)7(3)8/h3-11H,2H2,1H3/t3-,4-,5-,6+,7+,8+,9-,10+,11-,12-/m0/s1. The molecule has 0 radical (unpaired) electrons. The van der Waals surface area contributed by atoms with Crippen LogP contribution >= 0.6 is 45.2 Å². The third kappa shape index (κ3) is 0.519. The van der Waals surface area contributed by atoms with Crippen LogP contribution in [0.4, 0.5) is 0 Å². The summed E-state index contributed by atoms with van der Waals surface area (Å²) in [7, 11) is 0. The van der Waals surface area contributed by atoms with Crippen molar-refractivity contribution in [1.82, 2.24) is 0 Å². The van der Waals surface area contributed by atoms with Crippen molar-refractivity contribution in [3.63, 3.8) is 0 Å². The lowest BCUT2D eigenvalue weighted by molar-refractivity contribution is 0.0703. The molecule has 10 atom stereocenters. The highest BCUT2D eigenvalue weighted by atomic mass is 127. The molecule has 14 heavy (non-hydrogen) atoms. The summed E-state index contributed by atoms with van der Waals surface area (Å²) in [5.74, 6) is 8.18. The molecule has 0 aliphatic heterocycles. The number of halogens is 2. The molecule has 6 aliphatic carbocycles. The van der Waals surface area contributed by atoms with Gasteiger partial charge in [0.1, 0.15) is 0 Å². The summed E-state index contributed by atoms with van der Waals surface area (Å²) in [6, 6.07) is 0. The van der Waals surface area contributed by atoms with Crippen molar-refractivity contribution in [1.29, 1.82) is 0 Å². The lowest BCUT2D eigenvalue weighted by Gasteiger charge is -2.40. The molecule has 6 fully saturated rings. The van der Waals surface area contributed by atoms with E-state index < -0.39 is 0 Å². The Morgan fingerprint density at radius 1 is 1.00 bits per heavy atom. The van der Waals surface area contributed by atoms with Gasteiger partial charge in [-0.05, 0) is 53.3 Å². The molecular formula is C12H14I2. The molecule has 0 spiro atoms. The maximum absolute atomic E-state index is 2.82. The first kappa shape index (κ1) is 8.54. The minimum Gasteiger partial charge on any atom is -0.0820 e. The summed E-state index contributed by atoms with van der Waals surface area (Å²) in [5, 5.41) is 0. The summed E-state index contributed by atoms with van der Waals surface area (Å²) >= 11 is 5.64. The Balaban J connectivity index is 1.88. The minimum atomic E-state index is 0.782. The van der Waals surface area contributed by atoms with Gasteiger partial charge in [0.2, 0.25) is 0 Å². The maximum atomic E-state index is 2.82. The highest BCUT2D eigenvalue weighted by Gasteiger charge is 2.86. The zero-order valence-electron chi connectivity index (χ0n) is 8.16. The second kappa shape index (κ2) is 2.08. The highest BCUT2D eigenvalue weighted by Crippen LogP contribution is 2.89. The van der Waals surface area contributed by atoms with E-state index in [9.17, 15) is 0 Å². The second-order valence-corrected chi connectivity index (χ2v) is 9.34. The van der Waals surface area contributed by atoms with E-state index in [0.717, 1.165) is 36.9 Å².